The van der Waals surface area contributed by atoms with E-state index in [-0.39, 0.29) is 11.5 Å². The number of rotatable bonds is 4. The Morgan fingerprint density at radius 1 is 0.667 bits per heavy atom. The van der Waals surface area contributed by atoms with E-state index < -0.39 is 16.3 Å². The van der Waals surface area contributed by atoms with Gasteiger partial charge in [0.05, 0.1) is 0 Å². The van der Waals surface area contributed by atoms with Crippen LogP contribution in [-0.4, -0.2) is 5.11 Å². The summed E-state index contributed by atoms with van der Waals surface area (Å²) >= 11 is 0. The lowest BCUT2D eigenvalue weighted by Crippen LogP contribution is -2.13. The lowest BCUT2D eigenvalue weighted by molar-refractivity contribution is 0.243. The van der Waals surface area contributed by atoms with Gasteiger partial charge in [0.25, 0.3) is 0 Å². The van der Waals surface area contributed by atoms with Crippen molar-refractivity contribution in [3.63, 3.8) is 0 Å². The number of halogens is 5. The fourth-order valence-corrected chi connectivity index (χ4v) is 1.87. The van der Waals surface area contributed by atoms with Crippen LogP contribution in [0, 0.1) is 0 Å². The molecule has 0 bridgehead atoms. The van der Waals surface area contributed by atoms with Crippen molar-refractivity contribution in [3.8, 4) is 23.0 Å². The fraction of sp³-hybridized carbons (Fsp3) is 0. The van der Waals surface area contributed by atoms with Gasteiger partial charge in [0, 0.05) is 0 Å². The maximum absolute atomic E-state index is 12.1. The van der Waals surface area contributed by atoms with E-state index >= 15 is 0 Å². The lowest BCUT2D eigenvalue weighted by atomic mass is 10.3. The van der Waals surface area contributed by atoms with Gasteiger partial charge in [0.1, 0.15) is 23.0 Å². The predicted molar refractivity (Wildman–Crippen MR) is 68.4 cm³/mol. The molecule has 9 heteroatoms. The minimum absolute atomic E-state index is 0.0157. The molecule has 0 unspecified atom stereocenters. The van der Waals surface area contributed by atoms with Gasteiger partial charge >= 0.3 is 10.5 Å². The number of phenolic OH excluding ortho intramolecular Hbond substituents is 1. The van der Waals surface area contributed by atoms with Gasteiger partial charge in [-0.2, -0.15) is 0 Å². The van der Waals surface area contributed by atoms with E-state index in [1.807, 2.05) is 0 Å². The van der Waals surface area contributed by atoms with Crippen molar-refractivity contribution in [2.75, 3.05) is 0 Å². The van der Waals surface area contributed by atoms with Crippen LogP contribution >= 0.6 is 10.5 Å². The molecule has 0 spiro atoms. The molecule has 0 aliphatic heterocycles. The van der Waals surface area contributed by atoms with Crippen LogP contribution in [0.5, 0.6) is 23.0 Å². The van der Waals surface area contributed by atoms with Crippen LogP contribution in [-0.2, 0) is 0 Å². The summed E-state index contributed by atoms with van der Waals surface area (Å²) in [6.45, 7) is 0. The second-order valence-corrected chi connectivity index (χ2v) is 6.01. The Bertz CT molecular complexity index is 637. The van der Waals surface area contributed by atoms with E-state index in [4.69, 9.17) is 9.84 Å². The highest BCUT2D eigenvalue weighted by Gasteiger charge is 2.67. The molecule has 3 nitrogen and oxygen atoms in total. The molecule has 0 amide bonds. The van der Waals surface area contributed by atoms with Crippen LogP contribution < -0.4 is 8.92 Å². The van der Waals surface area contributed by atoms with Crippen molar-refractivity contribution >= 4 is 10.5 Å². The van der Waals surface area contributed by atoms with Crippen molar-refractivity contribution in [2.24, 2.45) is 0 Å². The summed E-state index contributed by atoms with van der Waals surface area (Å²) in [6, 6.07) is 9.07. The summed E-state index contributed by atoms with van der Waals surface area (Å²) in [5.41, 5.74) is 0. The second-order valence-electron chi connectivity index (χ2n) is 4.05. The Balaban J connectivity index is 2.11. The number of ether oxygens (including phenoxy) is 1. The Morgan fingerprint density at radius 2 is 1.05 bits per heavy atom. The first-order valence-corrected chi connectivity index (χ1v) is 7.29. The number of hydrogen-bond donors (Lipinski definition) is 1. The van der Waals surface area contributed by atoms with Crippen molar-refractivity contribution < 1.29 is 33.5 Å². The lowest BCUT2D eigenvalue weighted by Gasteiger charge is -2.39. The molecule has 2 aromatic rings. The molecule has 2 rings (SSSR count). The van der Waals surface area contributed by atoms with E-state index in [1.165, 1.54) is 24.3 Å². The van der Waals surface area contributed by atoms with Crippen LogP contribution in [0.2, 0.25) is 0 Å². The van der Waals surface area contributed by atoms with Crippen LogP contribution in [0.3, 0.4) is 0 Å². The number of phenols is 1. The number of hydrogen-bond acceptors (Lipinski definition) is 3. The van der Waals surface area contributed by atoms with Crippen molar-refractivity contribution in [3.05, 3.63) is 48.5 Å². The molecule has 0 aliphatic carbocycles. The Morgan fingerprint density at radius 3 is 1.48 bits per heavy atom. The summed E-state index contributed by atoms with van der Waals surface area (Å²) in [4.78, 5) is 0. The molecule has 0 aliphatic rings. The van der Waals surface area contributed by atoms with Crippen molar-refractivity contribution in [1.29, 1.82) is 0 Å². The average molecular weight is 328 g/mol. The molecule has 0 aromatic heterocycles. The standard InChI is InChI=1S/C12H9F5O3S/c13-21(14,15,16,17)20-12-7-5-11(6-8-12)19-10-3-1-9(18)2-4-10/h1-8,18H. The van der Waals surface area contributed by atoms with E-state index in [2.05, 4.69) is 4.18 Å². The maximum Gasteiger partial charge on any atom is 0.435 e. The van der Waals surface area contributed by atoms with E-state index in [0.29, 0.717) is 17.9 Å². The maximum atomic E-state index is 12.1. The smallest absolute Gasteiger partial charge is 0.435 e. The molecule has 0 saturated carbocycles. The normalized spacial score (nSPS) is 14.9. The molecule has 2 aromatic carbocycles. The first-order valence-electron chi connectivity index (χ1n) is 5.42. The molecule has 0 heterocycles. The number of aromatic hydroxyl groups is 1. The zero-order chi connectivity index (χ0) is 15.8. The van der Waals surface area contributed by atoms with Crippen LogP contribution in [0.15, 0.2) is 48.5 Å². The molecule has 21 heavy (non-hydrogen) atoms. The molecule has 0 saturated heterocycles. The highest BCUT2D eigenvalue weighted by Crippen LogP contribution is 2.97. The quantitative estimate of drug-likeness (QED) is 0.723. The second kappa shape index (κ2) is 4.17. The third kappa shape index (κ3) is 5.38. The van der Waals surface area contributed by atoms with Crippen LogP contribution in [0.25, 0.3) is 0 Å². The monoisotopic (exact) mass is 328 g/mol. The molecule has 0 radical (unpaired) electrons. The fourth-order valence-electron chi connectivity index (χ4n) is 1.40. The first kappa shape index (κ1) is 15.2. The number of benzene rings is 2. The molecular formula is C12H9F5O3S. The van der Waals surface area contributed by atoms with Crippen LogP contribution in [0.4, 0.5) is 19.4 Å². The zero-order valence-corrected chi connectivity index (χ0v) is 11.0. The molecule has 116 valence electrons. The van der Waals surface area contributed by atoms with Gasteiger partial charge in [0.2, 0.25) is 0 Å². The third-order valence-corrected chi connectivity index (χ3v) is 2.66. The van der Waals surface area contributed by atoms with Crippen molar-refractivity contribution in [1.82, 2.24) is 0 Å². The SMILES string of the molecule is Oc1ccc(Oc2ccc(OS(F)(F)(F)(F)F)cc2)cc1. The minimum Gasteiger partial charge on any atom is -0.508 e. The third-order valence-electron chi connectivity index (χ3n) is 2.15. The summed E-state index contributed by atoms with van der Waals surface area (Å²) in [7, 11) is -9.96. The van der Waals surface area contributed by atoms with Gasteiger partial charge in [0.15, 0.2) is 0 Å². The highest BCUT2D eigenvalue weighted by molar-refractivity contribution is 8.42. The van der Waals surface area contributed by atoms with Gasteiger partial charge in [-0.3, -0.25) is 0 Å². The highest BCUT2D eigenvalue weighted by atomic mass is 32.5. The molecule has 0 atom stereocenters. The van der Waals surface area contributed by atoms with Gasteiger partial charge in [-0.1, -0.05) is 19.4 Å². The van der Waals surface area contributed by atoms with E-state index in [9.17, 15) is 19.4 Å². The van der Waals surface area contributed by atoms with Gasteiger partial charge in [-0.25, -0.2) is 0 Å². The Hall–Kier alpha value is -2.16. The molecular weight excluding hydrogens is 319 g/mol. The molecule has 0 fully saturated rings. The first-order chi connectivity index (χ1) is 9.40. The van der Waals surface area contributed by atoms with Gasteiger partial charge in [-0.15, -0.1) is 0 Å². The van der Waals surface area contributed by atoms with E-state index in [1.54, 1.807) is 0 Å². The van der Waals surface area contributed by atoms with Crippen LogP contribution in [0.1, 0.15) is 0 Å². The van der Waals surface area contributed by atoms with Crippen molar-refractivity contribution in [2.45, 2.75) is 0 Å². The topological polar surface area (TPSA) is 38.7 Å². The van der Waals surface area contributed by atoms with E-state index in [0.717, 1.165) is 12.1 Å². The van der Waals surface area contributed by atoms with Gasteiger partial charge < -0.3 is 14.0 Å². The predicted octanol–water partition coefficient (Wildman–Crippen LogP) is 5.78. The minimum atomic E-state index is -9.96. The summed E-state index contributed by atoms with van der Waals surface area (Å²) in [5.74, 6) is -0.585. The average Bonchev–Trinajstić information content (AvgIpc) is 2.31. The molecule has 1 N–H and O–H groups in total. The summed E-state index contributed by atoms with van der Waals surface area (Å²) in [6.07, 6.45) is 0. The zero-order valence-electron chi connectivity index (χ0n) is 10.2. The largest absolute Gasteiger partial charge is 0.508 e. The summed E-state index contributed by atoms with van der Waals surface area (Å²) in [5, 5.41) is 9.07. The Labute approximate surface area is 116 Å². The van der Waals surface area contributed by atoms with Gasteiger partial charge in [-0.05, 0) is 48.5 Å². The Kier molecular flexibility index (Phi) is 3.02. The summed E-state index contributed by atoms with van der Waals surface area (Å²) < 4.78 is 68.7.